The third kappa shape index (κ3) is 6.62. The lowest BCUT2D eigenvalue weighted by Crippen LogP contribution is -2.34. The van der Waals surface area contributed by atoms with Gasteiger partial charge in [-0.1, -0.05) is 12.1 Å². The third-order valence-corrected chi connectivity index (χ3v) is 5.82. The minimum absolute atomic E-state index is 0.117. The fourth-order valence-corrected chi connectivity index (χ4v) is 3.89. The van der Waals surface area contributed by atoms with Crippen molar-refractivity contribution in [3.8, 4) is 11.5 Å². The number of benzene rings is 2. The second kappa shape index (κ2) is 10.0. The number of thioether (sulfide) groups is 1. The maximum Gasteiger partial charge on any atom is 0.234 e. The molecule has 31 heavy (non-hydrogen) atoms. The zero-order valence-electron chi connectivity index (χ0n) is 17.9. The molecule has 1 aliphatic heterocycles. The monoisotopic (exact) mass is 446 g/mol. The molecule has 0 aromatic heterocycles. The SMILES string of the molecule is CC(SCC(=O)Nc1ccc(F)cc1)C(=O)NCCOc1cccc2c1OC(C)(C)C2. The molecular formula is C23H27FN2O4S. The lowest BCUT2D eigenvalue weighted by Gasteiger charge is -2.18. The second-order valence-corrected chi connectivity index (χ2v) is 9.26. The van der Waals surface area contributed by atoms with Crippen LogP contribution in [-0.2, 0) is 16.0 Å². The van der Waals surface area contributed by atoms with Crippen LogP contribution in [0.2, 0.25) is 0 Å². The van der Waals surface area contributed by atoms with Crippen LogP contribution in [0.4, 0.5) is 10.1 Å². The maximum absolute atomic E-state index is 12.9. The molecule has 0 aliphatic carbocycles. The van der Waals surface area contributed by atoms with Crippen molar-refractivity contribution in [1.29, 1.82) is 0 Å². The van der Waals surface area contributed by atoms with E-state index >= 15 is 0 Å². The van der Waals surface area contributed by atoms with Crippen molar-refractivity contribution in [3.63, 3.8) is 0 Å². The summed E-state index contributed by atoms with van der Waals surface area (Å²) in [6, 6.07) is 11.4. The molecule has 1 heterocycles. The molecule has 1 aliphatic rings. The van der Waals surface area contributed by atoms with Crippen LogP contribution in [0, 0.1) is 5.82 Å². The van der Waals surface area contributed by atoms with Crippen molar-refractivity contribution in [2.75, 3.05) is 24.2 Å². The number of nitrogens with one attached hydrogen (secondary N) is 2. The van der Waals surface area contributed by atoms with E-state index < -0.39 is 5.25 Å². The van der Waals surface area contributed by atoms with E-state index in [9.17, 15) is 14.0 Å². The summed E-state index contributed by atoms with van der Waals surface area (Å²) in [7, 11) is 0. The van der Waals surface area contributed by atoms with Crippen LogP contribution >= 0.6 is 11.8 Å². The molecule has 0 fully saturated rings. The lowest BCUT2D eigenvalue weighted by atomic mass is 10.0. The molecule has 166 valence electrons. The summed E-state index contributed by atoms with van der Waals surface area (Å²) in [6.07, 6.45) is 0.833. The minimum atomic E-state index is -0.399. The van der Waals surface area contributed by atoms with E-state index in [2.05, 4.69) is 10.6 Å². The van der Waals surface area contributed by atoms with Crippen molar-refractivity contribution in [3.05, 3.63) is 53.8 Å². The van der Waals surface area contributed by atoms with E-state index in [1.807, 2.05) is 32.0 Å². The van der Waals surface area contributed by atoms with E-state index in [1.165, 1.54) is 36.0 Å². The molecule has 1 atom stereocenters. The highest BCUT2D eigenvalue weighted by Crippen LogP contribution is 2.41. The largest absolute Gasteiger partial charge is 0.488 e. The van der Waals surface area contributed by atoms with Crippen LogP contribution in [0.3, 0.4) is 0 Å². The highest BCUT2D eigenvalue weighted by atomic mass is 32.2. The van der Waals surface area contributed by atoms with E-state index in [-0.39, 0.29) is 29.0 Å². The Morgan fingerprint density at radius 3 is 2.71 bits per heavy atom. The maximum atomic E-state index is 12.9. The molecule has 2 aromatic carbocycles. The summed E-state index contributed by atoms with van der Waals surface area (Å²) in [5, 5.41) is 5.09. The molecule has 6 nitrogen and oxygen atoms in total. The number of anilines is 1. The zero-order valence-corrected chi connectivity index (χ0v) is 18.7. The average Bonchev–Trinajstić information content (AvgIpc) is 3.05. The molecular weight excluding hydrogens is 419 g/mol. The number of carbonyl (C=O) groups is 2. The number of fused-ring (bicyclic) bond motifs is 1. The summed E-state index contributed by atoms with van der Waals surface area (Å²) in [6.45, 7) is 6.48. The fraction of sp³-hybridized carbons (Fsp3) is 0.391. The third-order valence-electron chi connectivity index (χ3n) is 4.68. The number of ether oxygens (including phenoxy) is 2. The highest BCUT2D eigenvalue weighted by Gasteiger charge is 2.32. The van der Waals surface area contributed by atoms with Crippen molar-refractivity contribution in [2.45, 2.75) is 38.0 Å². The quantitative estimate of drug-likeness (QED) is 0.573. The topological polar surface area (TPSA) is 76.7 Å². The van der Waals surface area contributed by atoms with Gasteiger partial charge in [0.05, 0.1) is 17.5 Å². The van der Waals surface area contributed by atoms with Gasteiger partial charge in [-0.25, -0.2) is 4.39 Å². The van der Waals surface area contributed by atoms with Crippen molar-refractivity contribution < 1.29 is 23.5 Å². The number of amides is 2. The number of halogens is 1. The Bertz CT molecular complexity index is 934. The van der Waals surface area contributed by atoms with Gasteiger partial charge >= 0.3 is 0 Å². The van der Waals surface area contributed by atoms with Crippen molar-refractivity contribution in [2.24, 2.45) is 0 Å². The van der Waals surface area contributed by atoms with Crippen molar-refractivity contribution >= 4 is 29.3 Å². The van der Waals surface area contributed by atoms with Gasteiger partial charge in [-0.2, -0.15) is 0 Å². The van der Waals surface area contributed by atoms with Gasteiger partial charge in [0.15, 0.2) is 11.5 Å². The van der Waals surface area contributed by atoms with E-state index in [1.54, 1.807) is 6.92 Å². The van der Waals surface area contributed by atoms with Crippen LogP contribution in [0.1, 0.15) is 26.3 Å². The van der Waals surface area contributed by atoms with Crippen LogP contribution in [0.15, 0.2) is 42.5 Å². The van der Waals surface area contributed by atoms with Gasteiger partial charge in [-0.05, 0) is 51.1 Å². The smallest absolute Gasteiger partial charge is 0.234 e. The number of rotatable bonds is 9. The molecule has 0 radical (unpaired) electrons. The fourth-order valence-electron chi connectivity index (χ4n) is 3.19. The minimum Gasteiger partial charge on any atom is -0.488 e. The second-order valence-electron chi connectivity index (χ2n) is 7.93. The molecule has 3 rings (SSSR count). The number of hydrogen-bond acceptors (Lipinski definition) is 5. The number of hydrogen-bond donors (Lipinski definition) is 2. The Hall–Kier alpha value is -2.74. The molecule has 2 N–H and O–H groups in total. The predicted octanol–water partition coefficient (Wildman–Crippen LogP) is 3.79. The Morgan fingerprint density at radius 1 is 1.23 bits per heavy atom. The van der Waals surface area contributed by atoms with E-state index in [0.29, 0.717) is 24.6 Å². The van der Waals surface area contributed by atoms with Gasteiger partial charge < -0.3 is 20.1 Å². The first-order valence-electron chi connectivity index (χ1n) is 10.1. The van der Waals surface area contributed by atoms with E-state index in [0.717, 1.165) is 17.7 Å². The van der Waals surface area contributed by atoms with Crippen LogP contribution in [-0.4, -0.2) is 41.6 Å². The molecule has 0 saturated carbocycles. The van der Waals surface area contributed by atoms with E-state index in [4.69, 9.17) is 9.47 Å². The summed E-state index contributed by atoms with van der Waals surface area (Å²) in [5.74, 6) is 0.784. The molecule has 2 amide bonds. The van der Waals surface area contributed by atoms with Crippen LogP contribution < -0.4 is 20.1 Å². The molecule has 8 heteroatoms. The summed E-state index contributed by atoms with van der Waals surface area (Å²) >= 11 is 1.23. The van der Waals surface area contributed by atoms with Gasteiger partial charge in [-0.3, -0.25) is 9.59 Å². The first kappa shape index (κ1) is 22.9. The molecule has 1 unspecified atom stereocenters. The summed E-state index contributed by atoms with van der Waals surface area (Å²) in [4.78, 5) is 24.2. The van der Waals surface area contributed by atoms with Crippen LogP contribution in [0.5, 0.6) is 11.5 Å². The number of carbonyl (C=O) groups excluding carboxylic acids is 2. The highest BCUT2D eigenvalue weighted by molar-refractivity contribution is 8.01. The van der Waals surface area contributed by atoms with Gasteiger partial charge in [0, 0.05) is 17.7 Å². The first-order chi connectivity index (χ1) is 14.7. The molecule has 0 saturated heterocycles. The zero-order chi connectivity index (χ0) is 22.4. The number of para-hydroxylation sites is 1. The first-order valence-corrected chi connectivity index (χ1v) is 11.2. The van der Waals surface area contributed by atoms with Crippen LogP contribution in [0.25, 0.3) is 0 Å². The molecule has 0 spiro atoms. The van der Waals surface area contributed by atoms with Gasteiger partial charge in [-0.15, -0.1) is 11.8 Å². The summed E-state index contributed by atoms with van der Waals surface area (Å²) < 4.78 is 24.7. The molecule has 0 bridgehead atoms. The standard InChI is InChI=1S/C23H27FN2O4S/c1-15(31-14-20(27)26-18-9-7-17(24)8-10-18)22(28)25-11-12-29-19-6-4-5-16-13-23(2,3)30-21(16)19/h4-10,15H,11-14H2,1-3H3,(H,25,28)(H,26,27). The normalized spacial score (nSPS) is 14.8. The average molecular weight is 447 g/mol. The van der Waals surface area contributed by atoms with Crippen molar-refractivity contribution in [1.82, 2.24) is 5.32 Å². The summed E-state index contributed by atoms with van der Waals surface area (Å²) in [5.41, 5.74) is 1.39. The van der Waals surface area contributed by atoms with Gasteiger partial charge in [0.1, 0.15) is 18.0 Å². The Morgan fingerprint density at radius 2 is 1.97 bits per heavy atom. The van der Waals surface area contributed by atoms with Gasteiger partial charge in [0.2, 0.25) is 11.8 Å². The van der Waals surface area contributed by atoms with Gasteiger partial charge in [0.25, 0.3) is 0 Å². The Kier molecular flexibility index (Phi) is 7.43. The lowest BCUT2D eigenvalue weighted by molar-refractivity contribution is -0.120. The predicted molar refractivity (Wildman–Crippen MR) is 120 cm³/mol. The Labute approximate surface area is 185 Å². The Balaban J connectivity index is 1.36. The molecule has 2 aromatic rings.